The highest BCUT2D eigenvalue weighted by Crippen LogP contribution is 2.35. The molecule has 0 aromatic heterocycles. The minimum absolute atomic E-state index is 0.0512. The van der Waals surface area contributed by atoms with Gasteiger partial charge in [-0.3, -0.25) is 10.2 Å². The van der Waals surface area contributed by atoms with Crippen LogP contribution in [0.2, 0.25) is 0 Å². The molecular weight excluding hydrogens is 322 g/mol. The van der Waals surface area contributed by atoms with Gasteiger partial charge < -0.3 is 11.1 Å². The highest BCUT2D eigenvalue weighted by atomic mass is 16.1. The van der Waals surface area contributed by atoms with Crippen molar-refractivity contribution >= 4 is 11.7 Å². The van der Waals surface area contributed by atoms with E-state index >= 15 is 0 Å². The molecule has 0 saturated heterocycles. The SMILES string of the molecule is CCCCCCCCC=CCCCCCCCC(=O)NC1(C(=N)N)CC1. The predicted octanol–water partition coefficient (Wildman–Crippen LogP) is 5.61. The molecule has 1 rings (SSSR count). The van der Waals surface area contributed by atoms with Gasteiger partial charge in [-0.25, -0.2) is 0 Å². The van der Waals surface area contributed by atoms with Crippen LogP contribution in [0.4, 0.5) is 0 Å². The molecule has 0 bridgehead atoms. The number of hydrogen-bond donors (Lipinski definition) is 3. The van der Waals surface area contributed by atoms with E-state index in [4.69, 9.17) is 11.1 Å². The average Bonchev–Trinajstić information content (AvgIpc) is 3.39. The number of unbranched alkanes of at least 4 members (excludes halogenated alkanes) is 11. The smallest absolute Gasteiger partial charge is 0.220 e. The number of hydrogen-bond acceptors (Lipinski definition) is 2. The van der Waals surface area contributed by atoms with Gasteiger partial charge in [0, 0.05) is 6.42 Å². The van der Waals surface area contributed by atoms with Gasteiger partial charge in [-0.1, -0.05) is 70.4 Å². The topological polar surface area (TPSA) is 79.0 Å². The molecule has 0 radical (unpaired) electrons. The second-order valence-electron chi connectivity index (χ2n) is 7.88. The van der Waals surface area contributed by atoms with Gasteiger partial charge in [0.25, 0.3) is 0 Å². The molecule has 26 heavy (non-hydrogen) atoms. The molecule has 0 aromatic rings. The van der Waals surface area contributed by atoms with E-state index in [0.717, 1.165) is 25.7 Å². The van der Waals surface area contributed by atoms with E-state index in [1.165, 1.54) is 70.6 Å². The maximum Gasteiger partial charge on any atom is 0.220 e. The first-order valence-corrected chi connectivity index (χ1v) is 10.9. The Morgan fingerprint density at radius 1 is 0.923 bits per heavy atom. The largest absolute Gasteiger partial charge is 0.386 e. The van der Waals surface area contributed by atoms with Crippen LogP contribution in [0.15, 0.2) is 12.2 Å². The number of rotatable bonds is 17. The van der Waals surface area contributed by atoms with Crippen LogP contribution in [-0.4, -0.2) is 17.3 Å². The molecule has 0 unspecified atom stereocenters. The predicted molar refractivity (Wildman–Crippen MR) is 111 cm³/mol. The summed E-state index contributed by atoms with van der Waals surface area (Å²) in [6, 6.07) is 0. The molecule has 0 aliphatic heterocycles. The van der Waals surface area contributed by atoms with E-state index in [1.54, 1.807) is 0 Å². The first-order chi connectivity index (χ1) is 12.6. The Bertz CT molecular complexity index is 427. The summed E-state index contributed by atoms with van der Waals surface area (Å²) in [6.45, 7) is 2.26. The molecule has 1 saturated carbocycles. The minimum atomic E-state index is -0.487. The van der Waals surface area contributed by atoms with Crippen molar-refractivity contribution in [3.05, 3.63) is 12.2 Å². The zero-order valence-electron chi connectivity index (χ0n) is 17.0. The third-order valence-corrected chi connectivity index (χ3v) is 5.31. The molecule has 4 heteroatoms. The maximum absolute atomic E-state index is 11.9. The fourth-order valence-electron chi connectivity index (χ4n) is 3.27. The highest BCUT2D eigenvalue weighted by Gasteiger charge is 2.47. The number of nitrogens with one attached hydrogen (secondary N) is 2. The van der Waals surface area contributed by atoms with E-state index in [2.05, 4.69) is 24.4 Å². The summed E-state index contributed by atoms with van der Waals surface area (Å²) in [4.78, 5) is 11.9. The molecule has 4 nitrogen and oxygen atoms in total. The summed E-state index contributed by atoms with van der Waals surface area (Å²) >= 11 is 0. The molecule has 1 aliphatic rings. The maximum atomic E-state index is 11.9. The number of carbonyl (C=O) groups excluding carboxylic acids is 1. The summed E-state index contributed by atoms with van der Waals surface area (Å²) in [5.41, 5.74) is 5.04. The van der Waals surface area contributed by atoms with Gasteiger partial charge in [0.2, 0.25) is 5.91 Å². The Kier molecular flexibility index (Phi) is 12.1. The number of amidine groups is 1. The summed E-state index contributed by atoms with van der Waals surface area (Å²) in [6.07, 6.45) is 23.3. The molecule has 1 amide bonds. The quantitative estimate of drug-likeness (QED) is 0.136. The van der Waals surface area contributed by atoms with Gasteiger partial charge in [0.15, 0.2) is 0 Å². The average molecular weight is 364 g/mol. The zero-order chi connectivity index (χ0) is 19.1. The fourth-order valence-corrected chi connectivity index (χ4v) is 3.27. The van der Waals surface area contributed by atoms with Gasteiger partial charge >= 0.3 is 0 Å². The number of nitrogens with two attached hydrogens (primary N) is 1. The van der Waals surface area contributed by atoms with E-state index < -0.39 is 5.54 Å². The Balaban J connectivity index is 1.82. The molecule has 1 aliphatic carbocycles. The van der Waals surface area contributed by atoms with Crippen LogP contribution in [0.25, 0.3) is 0 Å². The first kappa shape index (κ1) is 22.7. The Hall–Kier alpha value is -1.32. The Morgan fingerprint density at radius 2 is 1.42 bits per heavy atom. The van der Waals surface area contributed by atoms with Gasteiger partial charge in [-0.15, -0.1) is 0 Å². The molecule has 0 aromatic carbocycles. The van der Waals surface area contributed by atoms with Crippen molar-refractivity contribution < 1.29 is 4.79 Å². The van der Waals surface area contributed by atoms with Crippen molar-refractivity contribution in [2.75, 3.05) is 0 Å². The molecule has 4 N–H and O–H groups in total. The van der Waals surface area contributed by atoms with E-state index in [1.807, 2.05) is 0 Å². The lowest BCUT2D eigenvalue weighted by Crippen LogP contribution is -2.46. The second-order valence-corrected chi connectivity index (χ2v) is 7.88. The van der Waals surface area contributed by atoms with Gasteiger partial charge in [0.1, 0.15) is 5.84 Å². The summed E-state index contributed by atoms with van der Waals surface area (Å²) < 4.78 is 0. The Labute approximate surface area is 160 Å². The van der Waals surface area contributed by atoms with Gasteiger partial charge in [0.05, 0.1) is 5.54 Å². The molecule has 0 spiro atoms. The fraction of sp³-hybridized carbons (Fsp3) is 0.818. The number of carbonyl (C=O) groups is 1. The van der Waals surface area contributed by atoms with Crippen molar-refractivity contribution in [3.8, 4) is 0 Å². The summed E-state index contributed by atoms with van der Waals surface area (Å²) in [7, 11) is 0. The highest BCUT2D eigenvalue weighted by molar-refractivity contribution is 5.94. The first-order valence-electron chi connectivity index (χ1n) is 10.9. The lowest BCUT2D eigenvalue weighted by Gasteiger charge is -2.15. The normalized spacial score (nSPS) is 15.3. The third-order valence-electron chi connectivity index (χ3n) is 5.31. The van der Waals surface area contributed by atoms with Crippen LogP contribution in [0.1, 0.15) is 110 Å². The van der Waals surface area contributed by atoms with Crippen molar-refractivity contribution in [2.45, 2.75) is 115 Å². The minimum Gasteiger partial charge on any atom is -0.386 e. The second kappa shape index (κ2) is 13.8. The van der Waals surface area contributed by atoms with E-state index in [9.17, 15) is 4.79 Å². The van der Waals surface area contributed by atoms with Crippen LogP contribution in [0, 0.1) is 5.41 Å². The lowest BCUT2D eigenvalue weighted by atomic mass is 10.1. The number of allylic oxidation sites excluding steroid dienone is 2. The monoisotopic (exact) mass is 363 g/mol. The van der Waals surface area contributed by atoms with Crippen molar-refractivity contribution in [1.29, 1.82) is 5.41 Å². The zero-order valence-corrected chi connectivity index (χ0v) is 17.0. The molecule has 0 heterocycles. The molecule has 0 atom stereocenters. The number of amides is 1. The third kappa shape index (κ3) is 10.6. The van der Waals surface area contributed by atoms with Gasteiger partial charge in [-0.2, -0.15) is 0 Å². The van der Waals surface area contributed by atoms with Crippen LogP contribution < -0.4 is 11.1 Å². The molecule has 150 valence electrons. The van der Waals surface area contributed by atoms with Crippen molar-refractivity contribution in [3.63, 3.8) is 0 Å². The van der Waals surface area contributed by atoms with E-state index in [0.29, 0.717) is 6.42 Å². The lowest BCUT2D eigenvalue weighted by molar-refractivity contribution is -0.121. The van der Waals surface area contributed by atoms with Crippen LogP contribution in [0.3, 0.4) is 0 Å². The van der Waals surface area contributed by atoms with E-state index in [-0.39, 0.29) is 11.7 Å². The van der Waals surface area contributed by atoms with Crippen molar-refractivity contribution in [1.82, 2.24) is 5.32 Å². The summed E-state index contributed by atoms with van der Waals surface area (Å²) in [5.74, 6) is 0.158. The molecular formula is C22H41N3O. The summed E-state index contributed by atoms with van der Waals surface area (Å²) in [5, 5.41) is 10.4. The Morgan fingerprint density at radius 3 is 1.92 bits per heavy atom. The van der Waals surface area contributed by atoms with Gasteiger partial charge in [-0.05, 0) is 44.9 Å². The molecule has 1 fully saturated rings. The van der Waals surface area contributed by atoms with Crippen LogP contribution >= 0.6 is 0 Å². The van der Waals surface area contributed by atoms with Crippen LogP contribution in [-0.2, 0) is 4.79 Å². The standard InChI is InChI=1S/C22H41N3O/c1-2-3-4-5-6-7-8-9-10-11-12-13-14-15-16-17-20(26)25-22(18-19-22)21(23)24/h9-10H,2-8,11-19H2,1H3,(H3,23,24)(H,25,26). The van der Waals surface area contributed by atoms with Crippen LogP contribution in [0.5, 0.6) is 0 Å². The van der Waals surface area contributed by atoms with Crippen molar-refractivity contribution in [2.24, 2.45) is 5.73 Å².